The molecule has 0 saturated heterocycles. The van der Waals surface area contributed by atoms with Gasteiger partial charge in [0.05, 0.1) is 5.56 Å². The maximum absolute atomic E-state index is 11.7. The zero-order valence-corrected chi connectivity index (χ0v) is 10.3. The van der Waals surface area contributed by atoms with Crippen LogP contribution in [0, 0.1) is 5.41 Å². The number of hydrogen-bond donors (Lipinski definition) is 2. The second-order valence-electron chi connectivity index (χ2n) is 4.62. The average molecular weight is 241 g/mol. The molecule has 0 aliphatic rings. The molecule has 0 unspecified atom stereocenters. The molecule has 16 heavy (non-hydrogen) atoms. The van der Waals surface area contributed by atoms with Crippen molar-refractivity contribution in [1.82, 2.24) is 5.32 Å². The number of carbonyl (C=O) groups is 2. The van der Waals surface area contributed by atoms with Gasteiger partial charge >= 0.3 is 5.97 Å². The van der Waals surface area contributed by atoms with Crippen molar-refractivity contribution >= 4 is 23.2 Å². The highest BCUT2D eigenvalue weighted by molar-refractivity contribution is 7.08. The summed E-state index contributed by atoms with van der Waals surface area (Å²) in [4.78, 5) is 22.7. The highest BCUT2D eigenvalue weighted by Crippen LogP contribution is 2.20. The first-order chi connectivity index (χ1) is 7.32. The predicted molar refractivity (Wildman–Crippen MR) is 62.7 cm³/mol. The minimum atomic E-state index is -1.02. The Morgan fingerprint density at radius 2 is 2.06 bits per heavy atom. The molecule has 0 aliphatic heterocycles. The van der Waals surface area contributed by atoms with E-state index < -0.39 is 17.4 Å². The quantitative estimate of drug-likeness (QED) is 0.850. The smallest absolute Gasteiger partial charge is 0.326 e. The molecular formula is C11H15NO3S. The van der Waals surface area contributed by atoms with Gasteiger partial charge in [-0.1, -0.05) is 20.8 Å². The molecule has 0 spiro atoms. The highest BCUT2D eigenvalue weighted by atomic mass is 32.1. The minimum Gasteiger partial charge on any atom is -0.480 e. The zero-order chi connectivity index (χ0) is 12.3. The van der Waals surface area contributed by atoms with E-state index in [1.165, 1.54) is 11.3 Å². The first-order valence-corrected chi connectivity index (χ1v) is 5.82. The van der Waals surface area contributed by atoms with E-state index in [-0.39, 0.29) is 5.91 Å². The third-order valence-electron chi connectivity index (χ3n) is 2.17. The van der Waals surface area contributed by atoms with Gasteiger partial charge in [-0.05, 0) is 16.9 Å². The Kier molecular flexibility index (Phi) is 3.70. The summed E-state index contributed by atoms with van der Waals surface area (Å²) in [6, 6.07) is 0.779. The van der Waals surface area contributed by atoms with Gasteiger partial charge in [0.25, 0.3) is 5.91 Å². The van der Waals surface area contributed by atoms with Crippen molar-refractivity contribution in [3.63, 3.8) is 0 Å². The van der Waals surface area contributed by atoms with Gasteiger partial charge in [0, 0.05) is 5.38 Å². The molecule has 1 rings (SSSR count). The van der Waals surface area contributed by atoms with E-state index in [0.29, 0.717) is 5.56 Å². The van der Waals surface area contributed by atoms with Crippen molar-refractivity contribution in [2.24, 2.45) is 5.41 Å². The SMILES string of the molecule is CC(C)(C)[C@H](NC(=O)c1ccsc1)C(=O)O. The summed E-state index contributed by atoms with van der Waals surface area (Å²) in [5.41, 5.74) is -0.0159. The zero-order valence-electron chi connectivity index (χ0n) is 9.48. The van der Waals surface area contributed by atoms with Crippen molar-refractivity contribution in [2.45, 2.75) is 26.8 Å². The molecule has 0 bridgehead atoms. The van der Waals surface area contributed by atoms with E-state index in [9.17, 15) is 9.59 Å². The van der Waals surface area contributed by atoms with E-state index >= 15 is 0 Å². The summed E-state index contributed by atoms with van der Waals surface area (Å²) < 4.78 is 0. The van der Waals surface area contributed by atoms with Crippen LogP contribution in [-0.2, 0) is 4.79 Å². The molecule has 88 valence electrons. The molecule has 5 heteroatoms. The number of thiophene rings is 1. The third-order valence-corrected chi connectivity index (χ3v) is 2.86. The monoisotopic (exact) mass is 241 g/mol. The van der Waals surface area contributed by atoms with Crippen molar-refractivity contribution in [2.75, 3.05) is 0 Å². The van der Waals surface area contributed by atoms with Crippen LogP contribution in [0.5, 0.6) is 0 Å². The molecule has 1 aromatic heterocycles. The van der Waals surface area contributed by atoms with Crippen LogP contribution in [0.25, 0.3) is 0 Å². The van der Waals surface area contributed by atoms with Gasteiger partial charge in [-0.25, -0.2) is 4.79 Å². The van der Waals surface area contributed by atoms with Crippen LogP contribution in [0.2, 0.25) is 0 Å². The van der Waals surface area contributed by atoms with Crippen LogP contribution in [0.1, 0.15) is 31.1 Å². The number of carboxylic acids is 1. The lowest BCUT2D eigenvalue weighted by atomic mass is 9.86. The fourth-order valence-electron chi connectivity index (χ4n) is 1.26. The number of amides is 1. The van der Waals surface area contributed by atoms with Gasteiger partial charge in [0.1, 0.15) is 6.04 Å². The van der Waals surface area contributed by atoms with Crippen LogP contribution in [0.4, 0.5) is 0 Å². The van der Waals surface area contributed by atoms with Gasteiger partial charge in [0.15, 0.2) is 0 Å². The molecule has 1 aromatic rings. The summed E-state index contributed by atoms with van der Waals surface area (Å²) in [6.45, 7) is 5.33. The lowest BCUT2D eigenvalue weighted by Gasteiger charge is -2.27. The first kappa shape index (κ1) is 12.7. The number of carbonyl (C=O) groups excluding carboxylic acids is 1. The Balaban J connectivity index is 2.78. The number of hydrogen-bond acceptors (Lipinski definition) is 3. The molecule has 1 amide bonds. The largest absolute Gasteiger partial charge is 0.480 e. The van der Waals surface area contributed by atoms with Gasteiger partial charge in [-0.2, -0.15) is 11.3 Å². The van der Waals surface area contributed by atoms with Crippen LogP contribution >= 0.6 is 11.3 Å². The first-order valence-electron chi connectivity index (χ1n) is 4.88. The molecule has 1 atom stereocenters. The normalized spacial score (nSPS) is 13.2. The van der Waals surface area contributed by atoms with Gasteiger partial charge < -0.3 is 10.4 Å². The second kappa shape index (κ2) is 4.65. The Morgan fingerprint density at radius 3 is 2.44 bits per heavy atom. The topological polar surface area (TPSA) is 66.4 Å². The fraction of sp³-hybridized carbons (Fsp3) is 0.455. The lowest BCUT2D eigenvalue weighted by Crippen LogP contribution is -2.49. The van der Waals surface area contributed by atoms with Crippen molar-refractivity contribution in [3.8, 4) is 0 Å². The van der Waals surface area contributed by atoms with E-state index in [4.69, 9.17) is 5.11 Å². The second-order valence-corrected chi connectivity index (χ2v) is 5.40. The third kappa shape index (κ3) is 3.06. The van der Waals surface area contributed by atoms with Crippen molar-refractivity contribution < 1.29 is 14.7 Å². The molecule has 2 N–H and O–H groups in total. The standard InChI is InChI=1S/C11H15NO3S/c1-11(2,3)8(10(14)15)12-9(13)7-4-5-16-6-7/h4-6,8H,1-3H3,(H,12,13)(H,14,15)/t8-/m1/s1. The van der Waals surface area contributed by atoms with Crippen LogP contribution in [0.15, 0.2) is 16.8 Å². The summed E-state index contributed by atoms with van der Waals surface area (Å²) in [5.74, 6) is -1.36. The molecule has 4 nitrogen and oxygen atoms in total. The maximum atomic E-state index is 11.7. The van der Waals surface area contributed by atoms with Gasteiger partial charge in [-0.15, -0.1) is 0 Å². The number of carboxylic acid groups (broad SMARTS) is 1. The molecule has 0 aromatic carbocycles. The molecule has 0 aliphatic carbocycles. The van der Waals surface area contributed by atoms with E-state index in [2.05, 4.69) is 5.32 Å². The fourth-order valence-corrected chi connectivity index (χ4v) is 1.89. The number of rotatable bonds is 3. The van der Waals surface area contributed by atoms with E-state index in [1.54, 1.807) is 37.6 Å². The van der Waals surface area contributed by atoms with Crippen LogP contribution in [0.3, 0.4) is 0 Å². The predicted octanol–water partition coefficient (Wildman–Crippen LogP) is 1.98. The van der Waals surface area contributed by atoms with Crippen LogP contribution in [-0.4, -0.2) is 23.0 Å². The molecule has 0 radical (unpaired) electrons. The minimum absolute atomic E-state index is 0.344. The summed E-state index contributed by atoms with van der Waals surface area (Å²) in [5, 5.41) is 15.0. The Bertz CT molecular complexity index is 378. The average Bonchev–Trinajstić information content (AvgIpc) is 2.63. The van der Waals surface area contributed by atoms with Crippen molar-refractivity contribution in [1.29, 1.82) is 0 Å². The number of aliphatic carboxylic acids is 1. The number of nitrogens with one attached hydrogen (secondary N) is 1. The Morgan fingerprint density at radius 1 is 1.44 bits per heavy atom. The van der Waals surface area contributed by atoms with E-state index in [0.717, 1.165) is 0 Å². The summed E-state index contributed by atoms with van der Waals surface area (Å²) in [6.07, 6.45) is 0. The molecule has 0 fully saturated rings. The van der Waals surface area contributed by atoms with Crippen molar-refractivity contribution in [3.05, 3.63) is 22.4 Å². The van der Waals surface area contributed by atoms with Gasteiger partial charge in [-0.3, -0.25) is 4.79 Å². The maximum Gasteiger partial charge on any atom is 0.326 e. The van der Waals surface area contributed by atoms with E-state index in [1.807, 2.05) is 0 Å². The highest BCUT2D eigenvalue weighted by Gasteiger charge is 2.32. The Labute approximate surface area is 98.3 Å². The molecule has 0 saturated carbocycles. The molecular weight excluding hydrogens is 226 g/mol. The lowest BCUT2D eigenvalue weighted by molar-refractivity contribution is -0.142. The van der Waals surface area contributed by atoms with Crippen LogP contribution < -0.4 is 5.32 Å². The van der Waals surface area contributed by atoms with Gasteiger partial charge in [0.2, 0.25) is 0 Å². The Hall–Kier alpha value is -1.36. The summed E-state index contributed by atoms with van der Waals surface area (Å²) >= 11 is 1.40. The summed E-state index contributed by atoms with van der Waals surface area (Å²) in [7, 11) is 0. The molecule has 1 heterocycles.